The fourth-order valence-corrected chi connectivity index (χ4v) is 2.00. The number of amides is 1. The molecule has 1 aromatic rings. The molecule has 0 aliphatic carbocycles. The van der Waals surface area contributed by atoms with E-state index in [-0.39, 0.29) is 24.0 Å². The first kappa shape index (κ1) is 17.7. The van der Waals surface area contributed by atoms with Crippen molar-refractivity contribution >= 4 is 11.6 Å². The summed E-state index contributed by atoms with van der Waals surface area (Å²) in [4.78, 5) is 12.1. The van der Waals surface area contributed by atoms with Crippen molar-refractivity contribution in [2.24, 2.45) is 5.92 Å². The fourth-order valence-electron chi connectivity index (χ4n) is 2.00. The Bertz CT molecular complexity index is 472. The van der Waals surface area contributed by atoms with E-state index in [2.05, 4.69) is 10.6 Å². The summed E-state index contributed by atoms with van der Waals surface area (Å²) >= 11 is 0. The first-order chi connectivity index (χ1) is 9.81. The molecule has 0 saturated heterocycles. The van der Waals surface area contributed by atoms with Gasteiger partial charge in [-0.05, 0) is 43.9 Å². The van der Waals surface area contributed by atoms with Gasteiger partial charge >= 0.3 is 0 Å². The smallest absolute Gasteiger partial charge is 0.225 e. The van der Waals surface area contributed by atoms with Gasteiger partial charge in [-0.2, -0.15) is 0 Å². The number of nitrogens with one attached hydrogen (secondary N) is 2. The van der Waals surface area contributed by atoms with Gasteiger partial charge in [0.15, 0.2) is 0 Å². The highest BCUT2D eigenvalue weighted by Crippen LogP contribution is 2.18. The van der Waals surface area contributed by atoms with E-state index in [0.717, 1.165) is 11.3 Å². The molecule has 0 aromatic heterocycles. The third kappa shape index (κ3) is 5.86. The second-order valence-corrected chi connectivity index (χ2v) is 6.12. The number of anilines is 1. The van der Waals surface area contributed by atoms with Crippen molar-refractivity contribution in [1.29, 1.82) is 0 Å². The molecule has 0 aliphatic heterocycles. The van der Waals surface area contributed by atoms with Crippen molar-refractivity contribution < 1.29 is 9.90 Å². The molecule has 2 atom stereocenters. The molecule has 0 saturated carbocycles. The fraction of sp³-hybridized carbons (Fsp3) is 0.588. The minimum Gasteiger partial charge on any atom is -0.392 e. The Morgan fingerprint density at radius 2 is 1.90 bits per heavy atom. The number of carbonyl (C=O) groups is 1. The van der Waals surface area contributed by atoms with E-state index in [1.807, 2.05) is 52.8 Å². The van der Waals surface area contributed by atoms with Gasteiger partial charge < -0.3 is 15.7 Å². The van der Waals surface area contributed by atoms with Crippen LogP contribution >= 0.6 is 0 Å². The Labute approximate surface area is 128 Å². The number of carbonyl (C=O) groups excluding carboxylic acids is 1. The van der Waals surface area contributed by atoms with Gasteiger partial charge in [0, 0.05) is 24.7 Å². The van der Waals surface area contributed by atoms with E-state index in [0.29, 0.717) is 13.0 Å². The molecule has 0 aliphatic rings. The third-order valence-corrected chi connectivity index (χ3v) is 3.82. The zero-order valence-corrected chi connectivity index (χ0v) is 13.7. The van der Waals surface area contributed by atoms with E-state index in [9.17, 15) is 9.90 Å². The van der Waals surface area contributed by atoms with Crippen LogP contribution in [0.5, 0.6) is 0 Å². The van der Waals surface area contributed by atoms with E-state index in [1.165, 1.54) is 5.56 Å². The minimum atomic E-state index is -0.380. The number of aliphatic hydroxyl groups is 1. The second kappa shape index (κ2) is 8.15. The van der Waals surface area contributed by atoms with Gasteiger partial charge in [-0.3, -0.25) is 4.79 Å². The molecule has 0 heterocycles. The van der Waals surface area contributed by atoms with Crippen molar-refractivity contribution in [1.82, 2.24) is 5.32 Å². The maximum Gasteiger partial charge on any atom is 0.225 e. The van der Waals surface area contributed by atoms with Crippen LogP contribution in [0.2, 0.25) is 0 Å². The van der Waals surface area contributed by atoms with Crippen LogP contribution in [0, 0.1) is 19.8 Å². The average molecular weight is 292 g/mol. The molecule has 1 rings (SSSR count). The van der Waals surface area contributed by atoms with Crippen LogP contribution in [0.15, 0.2) is 18.2 Å². The highest BCUT2D eigenvalue weighted by atomic mass is 16.3. The number of hydrogen-bond acceptors (Lipinski definition) is 3. The van der Waals surface area contributed by atoms with E-state index >= 15 is 0 Å². The summed E-state index contributed by atoms with van der Waals surface area (Å²) in [6, 6.07) is 5.92. The molecule has 0 fully saturated rings. The predicted molar refractivity (Wildman–Crippen MR) is 87.5 cm³/mol. The summed E-state index contributed by atoms with van der Waals surface area (Å²) in [6.07, 6.45) is 0.00703. The summed E-state index contributed by atoms with van der Waals surface area (Å²) in [5, 5.41) is 15.9. The highest BCUT2D eigenvalue weighted by Gasteiger charge is 2.13. The largest absolute Gasteiger partial charge is 0.392 e. The van der Waals surface area contributed by atoms with Gasteiger partial charge in [0.25, 0.3) is 0 Å². The molecular formula is C17H28N2O2. The van der Waals surface area contributed by atoms with Gasteiger partial charge in [0.1, 0.15) is 0 Å². The average Bonchev–Trinajstić information content (AvgIpc) is 2.41. The number of benzene rings is 1. The first-order valence-corrected chi connectivity index (χ1v) is 7.58. The summed E-state index contributed by atoms with van der Waals surface area (Å²) in [5.74, 6) is 0.205. The number of aryl methyl sites for hydroxylation is 1. The summed E-state index contributed by atoms with van der Waals surface area (Å²) < 4.78 is 0. The lowest BCUT2D eigenvalue weighted by molar-refractivity contribution is -0.116. The maximum atomic E-state index is 12.1. The van der Waals surface area contributed by atoms with Crippen molar-refractivity contribution in [2.75, 3.05) is 11.9 Å². The molecule has 0 spiro atoms. The number of aliphatic hydroxyl groups excluding tert-OH is 1. The van der Waals surface area contributed by atoms with Crippen LogP contribution in [0.1, 0.15) is 38.3 Å². The van der Waals surface area contributed by atoms with Gasteiger partial charge in [0.2, 0.25) is 5.91 Å². The van der Waals surface area contributed by atoms with E-state index in [4.69, 9.17) is 0 Å². The molecule has 4 heteroatoms. The molecule has 0 bridgehead atoms. The lowest BCUT2D eigenvalue weighted by Crippen LogP contribution is -2.38. The molecule has 4 nitrogen and oxygen atoms in total. The van der Waals surface area contributed by atoms with Crippen LogP contribution in [0.4, 0.5) is 5.69 Å². The molecule has 1 amide bonds. The lowest BCUT2D eigenvalue weighted by Gasteiger charge is -2.19. The highest BCUT2D eigenvalue weighted by molar-refractivity contribution is 5.92. The SMILES string of the molecule is Cc1cccc(NC(=O)CC(C)NCC(O)C(C)C)c1C. The van der Waals surface area contributed by atoms with Crippen LogP contribution in [0.3, 0.4) is 0 Å². The third-order valence-electron chi connectivity index (χ3n) is 3.82. The zero-order valence-electron chi connectivity index (χ0n) is 13.7. The maximum absolute atomic E-state index is 12.1. The van der Waals surface area contributed by atoms with Crippen molar-refractivity contribution in [3.05, 3.63) is 29.3 Å². The Morgan fingerprint density at radius 1 is 1.24 bits per heavy atom. The molecule has 2 unspecified atom stereocenters. The quantitative estimate of drug-likeness (QED) is 0.724. The van der Waals surface area contributed by atoms with E-state index < -0.39 is 0 Å². The second-order valence-electron chi connectivity index (χ2n) is 6.12. The Hall–Kier alpha value is -1.39. The summed E-state index contributed by atoms with van der Waals surface area (Å²) in [7, 11) is 0. The van der Waals surface area contributed by atoms with Crippen molar-refractivity contribution in [3.63, 3.8) is 0 Å². The number of hydrogen-bond donors (Lipinski definition) is 3. The van der Waals surface area contributed by atoms with Crippen LogP contribution in [-0.2, 0) is 4.79 Å². The molecule has 0 radical (unpaired) electrons. The van der Waals surface area contributed by atoms with Gasteiger partial charge in [-0.15, -0.1) is 0 Å². The molecule has 1 aromatic carbocycles. The first-order valence-electron chi connectivity index (χ1n) is 7.58. The van der Waals surface area contributed by atoms with Crippen LogP contribution in [-0.4, -0.2) is 29.7 Å². The predicted octanol–water partition coefficient (Wildman–Crippen LogP) is 2.63. The van der Waals surface area contributed by atoms with E-state index in [1.54, 1.807) is 0 Å². The standard InChI is InChI=1S/C17H28N2O2/c1-11(2)16(20)10-18-13(4)9-17(21)19-15-8-6-7-12(3)14(15)5/h6-8,11,13,16,18,20H,9-10H2,1-5H3,(H,19,21). The topological polar surface area (TPSA) is 61.4 Å². The Kier molecular flexibility index (Phi) is 6.85. The van der Waals surface area contributed by atoms with Crippen molar-refractivity contribution in [3.8, 4) is 0 Å². The minimum absolute atomic E-state index is 0.0114. The summed E-state index contributed by atoms with van der Waals surface area (Å²) in [6.45, 7) is 10.5. The van der Waals surface area contributed by atoms with Gasteiger partial charge in [0.05, 0.1) is 6.10 Å². The zero-order chi connectivity index (χ0) is 16.0. The Morgan fingerprint density at radius 3 is 2.52 bits per heavy atom. The normalized spacial score (nSPS) is 14.0. The van der Waals surface area contributed by atoms with Crippen LogP contribution in [0.25, 0.3) is 0 Å². The Balaban J connectivity index is 2.44. The van der Waals surface area contributed by atoms with Crippen molar-refractivity contribution in [2.45, 2.75) is 53.2 Å². The number of rotatable bonds is 7. The van der Waals surface area contributed by atoms with Gasteiger partial charge in [-0.1, -0.05) is 26.0 Å². The molecule has 118 valence electrons. The molecular weight excluding hydrogens is 264 g/mol. The monoisotopic (exact) mass is 292 g/mol. The molecule has 3 N–H and O–H groups in total. The lowest BCUT2D eigenvalue weighted by atomic mass is 10.1. The van der Waals surface area contributed by atoms with Crippen LogP contribution < -0.4 is 10.6 Å². The summed E-state index contributed by atoms with van der Waals surface area (Å²) in [5.41, 5.74) is 3.13. The molecule has 21 heavy (non-hydrogen) atoms. The van der Waals surface area contributed by atoms with Gasteiger partial charge in [-0.25, -0.2) is 0 Å².